The number of rotatable bonds is 9. The summed E-state index contributed by atoms with van der Waals surface area (Å²) in [7, 11) is 0. The van der Waals surface area contributed by atoms with Crippen molar-refractivity contribution >= 4 is 17.8 Å². The Labute approximate surface area is 166 Å². The third-order valence-corrected chi connectivity index (χ3v) is 4.89. The summed E-state index contributed by atoms with van der Waals surface area (Å²) >= 11 is 0. The number of nitrogens with one attached hydrogen (secondary N) is 1. The van der Waals surface area contributed by atoms with Gasteiger partial charge in [0.15, 0.2) is 0 Å². The Bertz CT molecular complexity index is 649. The summed E-state index contributed by atoms with van der Waals surface area (Å²) in [5, 5.41) is 12.3. The van der Waals surface area contributed by atoms with Crippen LogP contribution in [0.4, 0.5) is 0 Å². The Kier molecular flexibility index (Phi) is 8.94. The number of ether oxygens (including phenoxy) is 1. The molecular weight excluding hydrogens is 360 g/mol. The SMILES string of the molecule is CCOC(=O)[C@H](CCc1ccccc1)N[C@H]1CCCCCN(CC(=O)O)C1=O. The van der Waals surface area contributed by atoms with Crippen molar-refractivity contribution in [1.29, 1.82) is 0 Å². The van der Waals surface area contributed by atoms with Crippen LogP contribution in [0.3, 0.4) is 0 Å². The van der Waals surface area contributed by atoms with Crippen molar-refractivity contribution in [1.82, 2.24) is 10.2 Å². The van der Waals surface area contributed by atoms with E-state index in [1.54, 1.807) is 6.92 Å². The molecule has 1 aromatic rings. The molecule has 2 N–H and O–H groups in total. The Morgan fingerprint density at radius 3 is 2.68 bits per heavy atom. The highest BCUT2D eigenvalue weighted by Gasteiger charge is 2.31. The van der Waals surface area contributed by atoms with Crippen LogP contribution >= 0.6 is 0 Å². The van der Waals surface area contributed by atoms with Crippen LogP contribution in [0.2, 0.25) is 0 Å². The van der Waals surface area contributed by atoms with Gasteiger partial charge in [0.25, 0.3) is 0 Å². The summed E-state index contributed by atoms with van der Waals surface area (Å²) in [5.41, 5.74) is 1.11. The summed E-state index contributed by atoms with van der Waals surface area (Å²) in [4.78, 5) is 37.8. The Morgan fingerprint density at radius 1 is 1.25 bits per heavy atom. The molecule has 0 radical (unpaired) electrons. The lowest BCUT2D eigenvalue weighted by Crippen LogP contribution is -2.54. The standard InChI is InChI=1S/C21H30N2O5/c1-2-28-21(27)18(13-12-16-9-5-3-6-10-16)22-17-11-7-4-8-14-23(20(17)26)15-19(24)25/h3,5-6,9-10,17-18,22H,2,4,7-8,11-15H2,1H3,(H,24,25)/t17-,18-/m0/s1. The number of carboxylic acid groups (broad SMARTS) is 1. The first-order valence-electron chi connectivity index (χ1n) is 9.98. The van der Waals surface area contributed by atoms with Gasteiger partial charge in [0.05, 0.1) is 12.6 Å². The zero-order chi connectivity index (χ0) is 20.4. The van der Waals surface area contributed by atoms with Crippen LogP contribution in [0.5, 0.6) is 0 Å². The van der Waals surface area contributed by atoms with Crippen molar-refractivity contribution in [3.8, 4) is 0 Å². The van der Waals surface area contributed by atoms with E-state index in [1.807, 2.05) is 30.3 Å². The molecular formula is C21H30N2O5. The lowest BCUT2D eigenvalue weighted by atomic mass is 10.00. The van der Waals surface area contributed by atoms with Gasteiger partial charge in [0.2, 0.25) is 5.91 Å². The second-order valence-electron chi connectivity index (χ2n) is 7.05. The van der Waals surface area contributed by atoms with Gasteiger partial charge in [-0.2, -0.15) is 0 Å². The zero-order valence-corrected chi connectivity index (χ0v) is 16.4. The average molecular weight is 390 g/mol. The average Bonchev–Trinajstić information content (AvgIpc) is 2.67. The third kappa shape index (κ3) is 6.96. The molecule has 1 aliphatic heterocycles. The number of carbonyl (C=O) groups excluding carboxylic acids is 2. The molecule has 0 bridgehead atoms. The van der Waals surface area contributed by atoms with Gasteiger partial charge in [0, 0.05) is 6.54 Å². The van der Waals surface area contributed by atoms with Crippen LogP contribution in [0.25, 0.3) is 0 Å². The highest BCUT2D eigenvalue weighted by Crippen LogP contribution is 2.15. The summed E-state index contributed by atoms with van der Waals surface area (Å²) in [6, 6.07) is 8.64. The van der Waals surface area contributed by atoms with E-state index in [1.165, 1.54) is 4.90 Å². The molecule has 2 rings (SSSR count). The van der Waals surface area contributed by atoms with E-state index in [-0.39, 0.29) is 25.0 Å². The Morgan fingerprint density at radius 2 is 2.00 bits per heavy atom. The number of amides is 1. The monoisotopic (exact) mass is 390 g/mol. The van der Waals surface area contributed by atoms with Crippen LogP contribution in [0.15, 0.2) is 30.3 Å². The fourth-order valence-corrected chi connectivity index (χ4v) is 3.47. The molecule has 7 heteroatoms. The number of hydrogen-bond acceptors (Lipinski definition) is 5. The Hall–Kier alpha value is -2.41. The van der Waals surface area contributed by atoms with Gasteiger partial charge in [-0.25, -0.2) is 0 Å². The van der Waals surface area contributed by atoms with Crippen LogP contribution in [-0.2, 0) is 25.5 Å². The van der Waals surface area contributed by atoms with Gasteiger partial charge in [-0.1, -0.05) is 43.2 Å². The highest BCUT2D eigenvalue weighted by molar-refractivity contribution is 5.86. The number of hydrogen-bond donors (Lipinski definition) is 2. The molecule has 1 fully saturated rings. The molecule has 0 unspecified atom stereocenters. The van der Waals surface area contributed by atoms with E-state index in [2.05, 4.69) is 5.32 Å². The quantitative estimate of drug-likeness (QED) is 0.626. The zero-order valence-electron chi connectivity index (χ0n) is 16.4. The van der Waals surface area contributed by atoms with Crippen molar-refractivity contribution in [2.45, 2.75) is 57.5 Å². The summed E-state index contributed by atoms with van der Waals surface area (Å²) in [6.45, 7) is 2.14. The predicted octanol–water partition coefficient (Wildman–Crippen LogP) is 2.00. The first-order valence-corrected chi connectivity index (χ1v) is 9.98. The number of aliphatic carboxylic acids is 1. The van der Waals surface area contributed by atoms with Crippen molar-refractivity contribution in [2.24, 2.45) is 0 Å². The van der Waals surface area contributed by atoms with E-state index in [4.69, 9.17) is 9.84 Å². The van der Waals surface area contributed by atoms with Gasteiger partial charge >= 0.3 is 11.9 Å². The highest BCUT2D eigenvalue weighted by atomic mass is 16.5. The van der Waals surface area contributed by atoms with Crippen LogP contribution in [0, 0.1) is 0 Å². The minimum absolute atomic E-state index is 0.254. The molecule has 1 heterocycles. The van der Waals surface area contributed by atoms with Crippen molar-refractivity contribution in [3.63, 3.8) is 0 Å². The molecule has 28 heavy (non-hydrogen) atoms. The molecule has 0 spiro atoms. The van der Waals surface area contributed by atoms with Crippen molar-refractivity contribution in [3.05, 3.63) is 35.9 Å². The number of likely N-dealkylation sites (tertiary alicyclic amines) is 1. The molecule has 7 nitrogen and oxygen atoms in total. The van der Waals surface area contributed by atoms with E-state index in [0.717, 1.165) is 24.8 Å². The molecule has 154 valence electrons. The number of carbonyl (C=O) groups is 3. The molecule has 1 saturated heterocycles. The smallest absolute Gasteiger partial charge is 0.323 e. The minimum atomic E-state index is -1.03. The number of carboxylic acids is 1. The molecule has 2 atom stereocenters. The van der Waals surface area contributed by atoms with Gasteiger partial charge in [-0.3, -0.25) is 19.7 Å². The molecule has 1 amide bonds. The number of esters is 1. The fourth-order valence-electron chi connectivity index (χ4n) is 3.47. The second-order valence-corrected chi connectivity index (χ2v) is 7.05. The molecule has 1 aliphatic rings. The van der Waals surface area contributed by atoms with Crippen LogP contribution in [0.1, 0.15) is 44.6 Å². The maximum absolute atomic E-state index is 12.9. The minimum Gasteiger partial charge on any atom is -0.480 e. The molecule has 1 aromatic carbocycles. The Balaban J connectivity index is 2.08. The summed E-state index contributed by atoms with van der Waals surface area (Å²) in [5.74, 6) is -1.66. The van der Waals surface area contributed by atoms with E-state index < -0.39 is 18.1 Å². The van der Waals surface area contributed by atoms with Crippen molar-refractivity contribution < 1.29 is 24.2 Å². The molecule has 0 saturated carbocycles. The van der Waals surface area contributed by atoms with Gasteiger partial charge < -0.3 is 14.7 Å². The van der Waals surface area contributed by atoms with Gasteiger partial charge in [-0.15, -0.1) is 0 Å². The first-order chi connectivity index (χ1) is 13.5. The topological polar surface area (TPSA) is 95.9 Å². The second kappa shape index (κ2) is 11.4. The lowest BCUT2D eigenvalue weighted by Gasteiger charge is -2.31. The molecule has 0 aliphatic carbocycles. The van der Waals surface area contributed by atoms with E-state index in [0.29, 0.717) is 25.8 Å². The number of nitrogens with zero attached hydrogens (tertiary/aromatic N) is 1. The number of aryl methyl sites for hydroxylation is 1. The lowest BCUT2D eigenvalue weighted by molar-refractivity contribution is -0.148. The van der Waals surface area contributed by atoms with Crippen LogP contribution < -0.4 is 5.32 Å². The fraction of sp³-hybridized carbons (Fsp3) is 0.571. The first kappa shape index (κ1) is 21.9. The predicted molar refractivity (Wildman–Crippen MR) is 105 cm³/mol. The normalized spacial score (nSPS) is 18.8. The molecule has 0 aromatic heterocycles. The summed E-state index contributed by atoms with van der Waals surface area (Å²) < 4.78 is 5.20. The maximum Gasteiger partial charge on any atom is 0.323 e. The van der Waals surface area contributed by atoms with E-state index >= 15 is 0 Å². The maximum atomic E-state index is 12.9. The third-order valence-electron chi connectivity index (χ3n) is 4.89. The van der Waals surface area contributed by atoms with Crippen LogP contribution in [-0.4, -0.2) is 59.6 Å². The van der Waals surface area contributed by atoms with Gasteiger partial charge in [0.1, 0.15) is 12.6 Å². The van der Waals surface area contributed by atoms with Gasteiger partial charge in [-0.05, 0) is 38.2 Å². The van der Waals surface area contributed by atoms with E-state index in [9.17, 15) is 14.4 Å². The number of benzene rings is 1. The van der Waals surface area contributed by atoms with Crippen molar-refractivity contribution in [2.75, 3.05) is 19.7 Å². The largest absolute Gasteiger partial charge is 0.480 e. The summed E-state index contributed by atoms with van der Waals surface area (Å²) in [6.07, 6.45) is 4.34.